The second kappa shape index (κ2) is 10.1. The average Bonchev–Trinajstić information content (AvgIpc) is 2.60. The maximum Gasteiger partial charge on any atom is 0.303 e. The quantitative estimate of drug-likeness (QED) is 0.407. The van der Waals surface area contributed by atoms with Gasteiger partial charge in [0, 0.05) is 6.42 Å². The number of aliphatic carboxylic acids is 1. The summed E-state index contributed by atoms with van der Waals surface area (Å²) in [7, 11) is 0. The van der Waals surface area contributed by atoms with Crippen LogP contribution in [0.1, 0.15) is 86.0 Å². The Kier molecular flexibility index (Phi) is 8.39. The third-order valence-electron chi connectivity index (χ3n) is 7.67. The first-order chi connectivity index (χ1) is 12.8. The molecule has 2 saturated carbocycles. The predicted molar refractivity (Wildman–Crippen MR) is 111 cm³/mol. The van der Waals surface area contributed by atoms with Crippen LogP contribution in [0.15, 0.2) is 11.6 Å². The predicted octanol–water partition coefficient (Wildman–Crippen LogP) is 5.92. The number of hydrogen-bond donors (Lipinski definition) is 2. The van der Waals surface area contributed by atoms with Crippen LogP contribution in [-0.4, -0.2) is 22.3 Å². The van der Waals surface area contributed by atoms with E-state index in [4.69, 9.17) is 5.11 Å². The molecule has 0 aliphatic heterocycles. The largest absolute Gasteiger partial charge is 0.481 e. The summed E-state index contributed by atoms with van der Waals surface area (Å²) in [5.74, 6) is 3.36. The van der Waals surface area contributed by atoms with Crippen molar-refractivity contribution in [2.24, 2.45) is 41.4 Å². The number of rotatable bonds is 8. The van der Waals surface area contributed by atoms with Gasteiger partial charge in [0.25, 0.3) is 0 Å². The number of allylic oxidation sites excluding steroid dienone is 2. The fourth-order valence-corrected chi connectivity index (χ4v) is 6.30. The second-order valence-electron chi connectivity index (χ2n) is 9.70. The maximum absolute atomic E-state index is 10.9. The van der Waals surface area contributed by atoms with Crippen LogP contribution >= 0.6 is 0 Å². The Morgan fingerprint density at radius 1 is 1.19 bits per heavy atom. The monoisotopic (exact) mass is 378 g/mol. The molecule has 27 heavy (non-hydrogen) atoms. The Bertz CT molecular complexity index is 512. The van der Waals surface area contributed by atoms with Gasteiger partial charge in [0.05, 0.1) is 6.10 Å². The molecule has 0 amide bonds. The van der Waals surface area contributed by atoms with Crippen molar-refractivity contribution in [1.82, 2.24) is 0 Å². The van der Waals surface area contributed by atoms with E-state index in [9.17, 15) is 9.90 Å². The normalized spacial score (nSPS) is 38.3. The zero-order valence-electron chi connectivity index (χ0n) is 18.2. The molecule has 0 radical (unpaired) electrons. The smallest absolute Gasteiger partial charge is 0.303 e. The first-order valence-corrected chi connectivity index (χ1v) is 11.3. The van der Waals surface area contributed by atoms with E-state index in [-0.39, 0.29) is 12.5 Å². The number of fused-ring (bicyclic) bond motifs is 1. The number of unbranched alkanes of at least 4 members (excludes halogenated alkanes) is 1. The molecule has 0 spiro atoms. The van der Waals surface area contributed by atoms with Gasteiger partial charge in [-0.1, -0.05) is 52.2 Å². The lowest BCUT2D eigenvalue weighted by atomic mass is 9.52. The molecule has 8 atom stereocenters. The van der Waals surface area contributed by atoms with E-state index >= 15 is 0 Å². The van der Waals surface area contributed by atoms with Gasteiger partial charge >= 0.3 is 5.97 Å². The summed E-state index contributed by atoms with van der Waals surface area (Å²) in [6.45, 7) is 11.6. The maximum atomic E-state index is 10.9. The summed E-state index contributed by atoms with van der Waals surface area (Å²) >= 11 is 0. The molecule has 2 aliphatic carbocycles. The minimum absolute atomic E-state index is 0.144. The van der Waals surface area contributed by atoms with Crippen LogP contribution in [0.3, 0.4) is 0 Å². The van der Waals surface area contributed by atoms with Crippen molar-refractivity contribution in [3.63, 3.8) is 0 Å². The third kappa shape index (κ3) is 5.59. The molecule has 0 saturated heterocycles. The number of aliphatic hydroxyl groups excluding tert-OH is 1. The molecule has 3 heteroatoms. The highest BCUT2D eigenvalue weighted by Crippen LogP contribution is 2.54. The topological polar surface area (TPSA) is 57.5 Å². The van der Waals surface area contributed by atoms with E-state index in [0.29, 0.717) is 41.4 Å². The number of carboxylic acids is 1. The van der Waals surface area contributed by atoms with Crippen molar-refractivity contribution in [3.8, 4) is 0 Å². The number of carbonyl (C=O) groups is 1. The number of carboxylic acid groups (broad SMARTS) is 1. The lowest BCUT2D eigenvalue weighted by Crippen LogP contribution is -2.49. The van der Waals surface area contributed by atoms with Gasteiger partial charge in [-0.05, 0) is 80.5 Å². The Labute approximate surface area is 166 Å². The van der Waals surface area contributed by atoms with Gasteiger partial charge in [0.1, 0.15) is 0 Å². The zero-order chi connectivity index (χ0) is 20.1. The molecule has 2 fully saturated rings. The molecule has 1 unspecified atom stereocenters. The summed E-state index contributed by atoms with van der Waals surface area (Å²) in [6, 6.07) is 0. The van der Waals surface area contributed by atoms with Crippen LogP contribution < -0.4 is 0 Å². The standard InChI is InChI=1S/C24H42O3/c1-6-15(2)13-17(4)23-18(5)14-20-21(25)12-11-16(3)24(20)19(23)9-7-8-10-22(26)27/h13,15-16,18-21,23-25H,6-12,14H2,1-5H3,(H,26,27)/b17-13+/t15?,16-,18-,19+,20-,21-,23+,24-/m0/s1. The van der Waals surface area contributed by atoms with Crippen molar-refractivity contribution in [1.29, 1.82) is 0 Å². The Morgan fingerprint density at radius 2 is 1.89 bits per heavy atom. The fourth-order valence-electron chi connectivity index (χ4n) is 6.30. The van der Waals surface area contributed by atoms with E-state index in [1.54, 1.807) is 0 Å². The highest BCUT2D eigenvalue weighted by molar-refractivity contribution is 5.66. The van der Waals surface area contributed by atoms with Gasteiger partial charge < -0.3 is 10.2 Å². The molecule has 3 nitrogen and oxygen atoms in total. The molecule has 0 bridgehead atoms. The molecule has 2 rings (SSSR count). The molecular weight excluding hydrogens is 336 g/mol. The minimum Gasteiger partial charge on any atom is -0.481 e. The first-order valence-electron chi connectivity index (χ1n) is 11.3. The van der Waals surface area contributed by atoms with Gasteiger partial charge in [-0.25, -0.2) is 0 Å². The SMILES string of the molecule is CCC(C)/C=C(\C)[C@H]1[C@@H](CCCCC(=O)O)[C@H]2[C@@H](C[C@@H]1C)[C@@H](O)CC[C@@H]2C. The van der Waals surface area contributed by atoms with Gasteiger partial charge in [-0.2, -0.15) is 0 Å². The summed E-state index contributed by atoms with van der Waals surface area (Å²) in [5.41, 5.74) is 1.53. The van der Waals surface area contributed by atoms with Gasteiger partial charge in [-0.3, -0.25) is 4.79 Å². The van der Waals surface area contributed by atoms with Crippen LogP contribution in [0.2, 0.25) is 0 Å². The fraction of sp³-hybridized carbons (Fsp3) is 0.875. The van der Waals surface area contributed by atoms with E-state index in [1.807, 2.05) is 0 Å². The Morgan fingerprint density at radius 3 is 2.52 bits per heavy atom. The average molecular weight is 379 g/mol. The number of aliphatic hydroxyl groups is 1. The lowest BCUT2D eigenvalue weighted by molar-refractivity contribution is -0.137. The summed E-state index contributed by atoms with van der Waals surface area (Å²) in [4.78, 5) is 10.9. The van der Waals surface area contributed by atoms with E-state index in [1.165, 1.54) is 12.0 Å². The van der Waals surface area contributed by atoms with Crippen LogP contribution in [0.5, 0.6) is 0 Å². The Balaban J connectivity index is 2.25. The highest BCUT2D eigenvalue weighted by atomic mass is 16.4. The Hall–Kier alpha value is -0.830. The molecule has 2 N–H and O–H groups in total. The van der Waals surface area contributed by atoms with Crippen LogP contribution in [0.4, 0.5) is 0 Å². The minimum atomic E-state index is -0.684. The van der Waals surface area contributed by atoms with Crippen molar-refractivity contribution < 1.29 is 15.0 Å². The van der Waals surface area contributed by atoms with Crippen LogP contribution in [-0.2, 0) is 4.79 Å². The first kappa shape index (κ1) is 22.5. The molecule has 0 aromatic heterocycles. The number of hydrogen-bond acceptors (Lipinski definition) is 2. The van der Waals surface area contributed by atoms with Crippen molar-refractivity contribution >= 4 is 5.97 Å². The summed E-state index contributed by atoms with van der Waals surface area (Å²) in [6.07, 6.45) is 9.87. The van der Waals surface area contributed by atoms with Gasteiger partial charge in [0.2, 0.25) is 0 Å². The van der Waals surface area contributed by atoms with Crippen molar-refractivity contribution in [2.45, 2.75) is 92.1 Å². The molecule has 156 valence electrons. The second-order valence-corrected chi connectivity index (χ2v) is 9.70. The molecular formula is C24H42O3. The summed E-state index contributed by atoms with van der Waals surface area (Å²) in [5, 5.41) is 19.7. The van der Waals surface area contributed by atoms with E-state index < -0.39 is 5.97 Å². The van der Waals surface area contributed by atoms with E-state index in [0.717, 1.165) is 38.5 Å². The van der Waals surface area contributed by atoms with Crippen molar-refractivity contribution in [2.75, 3.05) is 0 Å². The van der Waals surface area contributed by atoms with E-state index in [2.05, 4.69) is 40.7 Å². The molecule has 0 aromatic carbocycles. The van der Waals surface area contributed by atoms with Gasteiger partial charge in [-0.15, -0.1) is 0 Å². The van der Waals surface area contributed by atoms with Crippen LogP contribution in [0.25, 0.3) is 0 Å². The summed E-state index contributed by atoms with van der Waals surface area (Å²) < 4.78 is 0. The zero-order valence-corrected chi connectivity index (χ0v) is 18.2. The third-order valence-corrected chi connectivity index (χ3v) is 7.67. The van der Waals surface area contributed by atoms with Crippen molar-refractivity contribution in [3.05, 3.63) is 11.6 Å². The molecule has 0 heterocycles. The molecule has 2 aliphatic rings. The lowest BCUT2D eigenvalue weighted by Gasteiger charge is -2.53. The highest BCUT2D eigenvalue weighted by Gasteiger charge is 2.49. The van der Waals surface area contributed by atoms with Gasteiger partial charge in [0.15, 0.2) is 0 Å². The molecule has 0 aromatic rings. The van der Waals surface area contributed by atoms with Crippen LogP contribution in [0, 0.1) is 41.4 Å².